The first-order valence-electron chi connectivity index (χ1n) is 11.3. The lowest BCUT2D eigenvalue weighted by molar-refractivity contribution is -0.142. The maximum atomic E-state index is 12.6. The minimum absolute atomic E-state index is 0.00929. The molecule has 2 aliphatic carbocycles. The Morgan fingerprint density at radius 2 is 2.06 bits per heavy atom. The summed E-state index contributed by atoms with van der Waals surface area (Å²) in [7, 11) is 1.60. The maximum Gasteiger partial charge on any atom is 0.271 e. The van der Waals surface area contributed by atoms with Gasteiger partial charge in [-0.25, -0.2) is 4.98 Å². The van der Waals surface area contributed by atoms with E-state index in [4.69, 9.17) is 4.74 Å². The highest BCUT2D eigenvalue weighted by Gasteiger charge is 2.53. The van der Waals surface area contributed by atoms with Crippen molar-refractivity contribution in [3.05, 3.63) is 24.3 Å². The molecule has 2 saturated carbocycles. The van der Waals surface area contributed by atoms with Gasteiger partial charge in [0.1, 0.15) is 5.69 Å². The third-order valence-electron chi connectivity index (χ3n) is 7.66. The van der Waals surface area contributed by atoms with Crippen LogP contribution in [0.25, 0.3) is 0 Å². The molecule has 0 radical (unpaired) electrons. The van der Waals surface area contributed by atoms with Crippen molar-refractivity contribution in [2.45, 2.75) is 58.6 Å². The number of methoxy groups -OCH3 is 1. The number of aliphatic hydroxyl groups excluding tert-OH is 1. The van der Waals surface area contributed by atoms with E-state index in [0.717, 1.165) is 25.7 Å². The molecule has 0 aliphatic heterocycles. The van der Waals surface area contributed by atoms with E-state index in [1.807, 2.05) is 6.92 Å². The minimum atomic E-state index is -0.590. The smallest absolute Gasteiger partial charge is 0.271 e. The molecule has 172 valence electrons. The zero-order valence-electron chi connectivity index (χ0n) is 19.0. The number of ether oxygens (including phenoxy) is 1. The van der Waals surface area contributed by atoms with Crippen LogP contribution in [0, 0.1) is 29.1 Å². The Kier molecular flexibility index (Phi) is 7.64. The van der Waals surface area contributed by atoms with Crippen LogP contribution in [0.5, 0.6) is 0 Å². The summed E-state index contributed by atoms with van der Waals surface area (Å²) in [5.41, 5.74) is 0.307. The lowest BCUT2D eigenvalue weighted by Crippen LogP contribution is -2.58. The van der Waals surface area contributed by atoms with Crippen LogP contribution in [0.4, 0.5) is 0 Å². The first-order chi connectivity index (χ1) is 14.8. The summed E-state index contributed by atoms with van der Waals surface area (Å²) in [5, 5.41) is 17.4. The minimum Gasteiger partial charge on any atom is -0.392 e. The van der Waals surface area contributed by atoms with Crippen LogP contribution in [0.1, 0.15) is 56.9 Å². The van der Waals surface area contributed by atoms with Crippen LogP contribution in [-0.2, 0) is 9.53 Å². The number of rotatable bonds is 7. The fourth-order valence-electron chi connectivity index (χ4n) is 5.79. The van der Waals surface area contributed by atoms with Crippen molar-refractivity contribution >= 4 is 11.8 Å². The van der Waals surface area contributed by atoms with E-state index in [9.17, 15) is 14.7 Å². The van der Waals surface area contributed by atoms with Crippen LogP contribution in [0.15, 0.2) is 18.6 Å². The van der Waals surface area contributed by atoms with Crippen LogP contribution in [0.2, 0.25) is 0 Å². The monoisotopic (exact) mass is 432 g/mol. The van der Waals surface area contributed by atoms with Gasteiger partial charge in [0.05, 0.1) is 18.9 Å². The summed E-state index contributed by atoms with van der Waals surface area (Å²) < 4.78 is 5.00. The average molecular weight is 433 g/mol. The van der Waals surface area contributed by atoms with Gasteiger partial charge in [-0.3, -0.25) is 14.6 Å². The number of amides is 2. The number of aromatic nitrogens is 2. The molecule has 7 atom stereocenters. The third kappa shape index (κ3) is 5.06. The second kappa shape index (κ2) is 10.0. The van der Waals surface area contributed by atoms with Crippen molar-refractivity contribution < 1.29 is 19.4 Å². The zero-order chi connectivity index (χ0) is 22.6. The fourth-order valence-corrected chi connectivity index (χ4v) is 5.79. The molecule has 2 aliphatic rings. The molecule has 8 heteroatoms. The van der Waals surface area contributed by atoms with Crippen molar-refractivity contribution in [2.24, 2.45) is 29.1 Å². The predicted octanol–water partition coefficient (Wildman–Crippen LogP) is 1.80. The zero-order valence-corrected chi connectivity index (χ0v) is 19.0. The van der Waals surface area contributed by atoms with Crippen LogP contribution in [0.3, 0.4) is 0 Å². The highest BCUT2D eigenvalue weighted by atomic mass is 16.5. The highest BCUT2D eigenvalue weighted by molar-refractivity contribution is 5.92. The van der Waals surface area contributed by atoms with Gasteiger partial charge in [-0.1, -0.05) is 20.8 Å². The van der Waals surface area contributed by atoms with Gasteiger partial charge in [-0.05, 0) is 48.9 Å². The van der Waals surface area contributed by atoms with Gasteiger partial charge in [0.25, 0.3) is 5.91 Å². The average Bonchev–Trinajstić information content (AvgIpc) is 2.76. The number of carbonyl (C=O) groups excluding carboxylic acids is 2. The largest absolute Gasteiger partial charge is 0.392 e. The van der Waals surface area contributed by atoms with Crippen LogP contribution < -0.4 is 10.6 Å². The molecule has 0 saturated heterocycles. The molecule has 1 unspecified atom stereocenters. The van der Waals surface area contributed by atoms with E-state index in [1.54, 1.807) is 7.11 Å². The van der Waals surface area contributed by atoms with E-state index < -0.39 is 6.10 Å². The SMILES string of the molecule is COCCNC(=O)C(C)[C@@H]1CC[C@@]2(C)CC[C@H](NC(=O)c3cnccn3)[C@@H](C)[C@@H]2[C@H]1O. The Morgan fingerprint density at radius 3 is 2.74 bits per heavy atom. The van der Waals surface area contributed by atoms with Crippen molar-refractivity contribution in [1.29, 1.82) is 0 Å². The molecule has 0 bridgehead atoms. The second-order valence-electron chi connectivity index (χ2n) is 9.51. The molecule has 0 spiro atoms. The number of hydrogen-bond acceptors (Lipinski definition) is 6. The fraction of sp³-hybridized carbons (Fsp3) is 0.739. The highest BCUT2D eigenvalue weighted by Crippen LogP contribution is 2.55. The number of nitrogens with one attached hydrogen (secondary N) is 2. The number of carbonyl (C=O) groups is 2. The number of aliphatic hydroxyl groups is 1. The van der Waals surface area contributed by atoms with Gasteiger partial charge in [-0.15, -0.1) is 0 Å². The summed E-state index contributed by atoms with van der Waals surface area (Å²) in [5.74, 6) is -0.556. The van der Waals surface area contributed by atoms with E-state index in [1.165, 1.54) is 18.6 Å². The molecule has 1 aromatic rings. The number of nitrogens with zero attached hydrogens (tertiary/aromatic N) is 2. The summed E-state index contributed by atoms with van der Waals surface area (Å²) in [6.07, 6.45) is 7.52. The lowest BCUT2D eigenvalue weighted by atomic mass is 9.51. The van der Waals surface area contributed by atoms with Crippen molar-refractivity contribution in [1.82, 2.24) is 20.6 Å². The van der Waals surface area contributed by atoms with Gasteiger partial charge in [0.15, 0.2) is 0 Å². The van der Waals surface area contributed by atoms with E-state index in [0.29, 0.717) is 18.8 Å². The Labute approximate surface area is 184 Å². The van der Waals surface area contributed by atoms with Crippen LogP contribution >= 0.6 is 0 Å². The molecule has 2 fully saturated rings. The first-order valence-corrected chi connectivity index (χ1v) is 11.3. The Balaban J connectivity index is 1.70. The second-order valence-corrected chi connectivity index (χ2v) is 9.51. The molecular formula is C23H36N4O4. The van der Waals surface area contributed by atoms with Crippen LogP contribution in [-0.4, -0.2) is 59.3 Å². The Hall–Kier alpha value is -2.06. The topological polar surface area (TPSA) is 113 Å². The molecule has 1 aromatic heterocycles. The molecule has 31 heavy (non-hydrogen) atoms. The third-order valence-corrected chi connectivity index (χ3v) is 7.66. The number of fused-ring (bicyclic) bond motifs is 1. The molecule has 8 nitrogen and oxygen atoms in total. The maximum absolute atomic E-state index is 12.6. The van der Waals surface area contributed by atoms with E-state index in [-0.39, 0.29) is 46.9 Å². The molecule has 3 rings (SSSR count). The molecule has 3 N–H and O–H groups in total. The quantitative estimate of drug-likeness (QED) is 0.566. The van der Waals surface area contributed by atoms with Gasteiger partial charge in [-0.2, -0.15) is 0 Å². The van der Waals surface area contributed by atoms with Crippen molar-refractivity contribution in [3.8, 4) is 0 Å². The van der Waals surface area contributed by atoms with Gasteiger partial charge in [0, 0.05) is 38.0 Å². The Morgan fingerprint density at radius 1 is 1.32 bits per heavy atom. The van der Waals surface area contributed by atoms with E-state index >= 15 is 0 Å². The molecule has 2 amide bonds. The van der Waals surface area contributed by atoms with Crippen molar-refractivity contribution in [3.63, 3.8) is 0 Å². The standard InChI is InChI=1S/C23H36N4O4/c1-14(21(29)26-11-12-31-4)16-5-7-23(3)8-6-17(15(2)19(23)20(16)28)27-22(30)18-13-24-9-10-25-18/h9-10,13-17,19-20,28H,5-8,11-12H2,1-4H3,(H,26,29)(H,27,30)/t14?,15-,16+,17+,19-,20+,23+/m1/s1. The van der Waals surface area contributed by atoms with Gasteiger partial charge >= 0.3 is 0 Å². The molecule has 1 heterocycles. The number of hydrogen-bond donors (Lipinski definition) is 3. The lowest BCUT2D eigenvalue weighted by Gasteiger charge is -2.56. The first kappa shape index (κ1) is 23.6. The van der Waals surface area contributed by atoms with Gasteiger partial charge in [0.2, 0.25) is 5.91 Å². The summed E-state index contributed by atoms with van der Waals surface area (Å²) in [4.78, 5) is 33.3. The predicted molar refractivity (Wildman–Crippen MR) is 116 cm³/mol. The van der Waals surface area contributed by atoms with Gasteiger partial charge < -0.3 is 20.5 Å². The molecular weight excluding hydrogens is 396 g/mol. The molecule has 0 aromatic carbocycles. The summed E-state index contributed by atoms with van der Waals surface area (Å²) >= 11 is 0. The van der Waals surface area contributed by atoms with Crippen molar-refractivity contribution in [2.75, 3.05) is 20.3 Å². The normalized spacial score (nSPS) is 33.8. The van der Waals surface area contributed by atoms with E-state index in [2.05, 4.69) is 34.4 Å². The Bertz CT molecular complexity index is 761. The summed E-state index contributed by atoms with van der Waals surface area (Å²) in [6, 6.07) is -0.0492. The summed E-state index contributed by atoms with van der Waals surface area (Å²) in [6.45, 7) is 7.20.